The second kappa shape index (κ2) is 4.84. The summed E-state index contributed by atoms with van der Waals surface area (Å²) in [5.74, 6) is -0.624. The van der Waals surface area contributed by atoms with Crippen molar-refractivity contribution in [2.75, 3.05) is 6.61 Å². The van der Waals surface area contributed by atoms with E-state index in [1.54, 1.807) is 0 Å². The lowest BCUT2D eigenvalue weighted by molar-refractivity contribution is -0.139. The van der Waals surface area contributed by atoms with E-state index in [1.807, 2.05) is 26.0 Å². The number of ketones is 1. The molecule has 3 atom stereocenters. The number of rotatable bonds is 5. The SMILES string of the molecule is CC1(C)C(C=CCOC2CCC(=O)C2)C1C(=O)O. The highest BCUT2D eigenvalue weighted by atomic mass is 16.5. The number of carboxylic acids is 1. The van der Waals surface area contributed by atoms with Gasteiger partial charge in [-0.1, -0.05) is 26.0 Å². The lowest BCUT2D eigenvalue weighted by Crippen LogP contribution is -2.08. The monoisotopic (exact) mass is 252 g/mol. The first-order valence-corrected chi connectivity index (χ1v) is 6.45. The minimum Gasteiger partial charge on any atom is -0.481 e. The van der Waals surface area contributed by atoms with Gasteiger partial charge in [-0.2, -0.15) is 0 Å². The number of hydrogen-bond acceptors (Lipinski definition) is 3. The molecule has 0 amide bonds. The summed E-state index contributed by atoms with van der Waals surface area (Å²) in [6, 6.07) is 0. The molecule has 3 unspecified atom stereocenters. The highest BCUT2D eigenvalue weighted by Crippen LogP contribution is 2.58. The molecule has 2 rings (SSSR count). The summed E-state index contributed by atoms with van der Waals surface area (Å²) < 4.78 is 5.56. The Labute approximate surface area is 107 Å². The second-order valence-electron chi connectivity index (χ2n) is 5.83. The maximum absolute atomic E-state index is 11.0. The molecule has 0 bridgehead atoms. The predicted molar refractivity (Wildman–Crippen MR) is 66.1 cm³/mol. The van der Waals surface area contributed by atoms with Crippen molar-refractivity contribution in [3.05, 3.63) is 12.2 Å². The van der Waals surface area contributed by atoms with Gasteiger partial charge in [-0.05, 0) is 17.8 Å². The maximum atomic E-state index is 11.0. The topological polar surface area (TPSA) is 63.6 Å². The van der Waals surface area contributed by atoms with E-state index in [-0.39, 0.29) is 29.1 Å². The van der Waals surface area contributed by atoms with Gasteiger partial charge in [-0.15, -0.1) is 0 Å². The number of carboxylic acid groups (broad SMARTS) is 1. The van der Waals surface area contributed by atoms with Crippen LogP contribution in [0.3, 0.4) is 0 Å². The van der Waals surface area contributed by atoms with Gasteiger partial charge in [0.05, 0.1) is 18.6 Å². The van der Waals surface area contributed by atoms with E-state index in [4.69, 9.17) is 9.84 Å². The van der Waals surface area contributed by atoms with Crippen LogP contribution >= 0.6 is 0 Å². The molecule has 0 heterocycles. The van der Waals surface area contributed by atoms with Crippen molar-refractivity contribution in [3.63, 3.8) is 0 Å². The maximum Gasteiger partial charge on any atom is 0.307 e. The Morgan fingerprint density at radius 3 is 2.78 bits per heavy atom. The molecule has 0 aromatic heterocycles. The Morgan fingerprint density at radius 2 is 2.28 bits per heavy atom. The van der Waals surface area contributed by atoms with Crippen LogP contribution in [0.4, 0.5) is 0 Å². The third kappa shape index (κ3) is 2.64. The quantitative estimate of drug-likeness (QED) is 0.760. The Morgan fingerprint density at radius 1 is 1.56 bits per heavy atom. The molecule has 0 saturated heterocycles. The first kappa shape index (κ1) is 13.3. The molecule has 18 heavy (non-hydrogen) atoms. The Hall–Kier alpha value is -1.16. The van der Waals surface area contributed by atoms with Gasteiger partial charge in [0.1, 0.15) is 5.78 Å². The summed E-state index contributed by atoms with van der Waals surface area (Å²) in [4.78, 5) is 22.0. The molecule has 2 aliphatic carbocycles. The second-order valence-corrected chi connectivity index (χ2v) is 5.83. The van der Waals surface area contributed by atoms with Crippen LogP contribution in [0.5, 0.6) is 0 Å². The highest BCUT2D eigenvalue weighted by molar-refractivity contribution is 5.81. The summed E-state index contributed by atoms with van der Waals surface area (Å²) in [6.07, 6.45) is 5.86. The first-order valence-electron chi connectivity index (χ1n) is 6.45. The zero-order valence-electron chi connectivity index (χ0n) is 10.9. The van der Waals surface area contributed by atoms with Crippen molar-refractivity contribution in [3.8, 4) is 0 Å². The molecule has 100 valence electrons. The molecule has 0 radical (unpaired) electrons. The summed E-state index contributed by atoms with van der Waals surface area (Å²) in [5, 5.41) is 9.01. The lowest BCUT2D eigenvalue weighted by Gasteiger charge is -2.07. The Bertz CT molecular complexity index is 383. The Balaban J connectivity index is 1.73. The summed E-state index contributed by atoms with van der Waals surface area (Å²) in [6.45, 7) is 4.41. The van der Waals surface area contributed by atoms with Gasteiger partial charge < -0.3 is 9.84 Å². The van der Waals surface area contributed by atoms with Gasteiger partial charge in [0, 0.05) is 12.8 Å². The summed E-state index contributed by atoms with van der Waals surface area (Å²) in [7, 11) is 0. The molecule has 0 spiro atoms. The fourth-order valence-corrected chi connectivity index (χ4v) is 2.82. The number of aliphatic carboxylic acids is 1. The zero-order chi connectivity index (χ0) is 13.3. The molecule has 2 aliphatic rings. The number of carbonyl (C=O) groups excluding carboxylic acids is 1. The number of Topliss-reactive ketones (excluding diaryl/α,β-unsaturated/α-hetero) is 1. The van der Waals surface area contributed by atoms with Gasteiger partial charge in [0.25, 0.3) is 0 Å². The lowest BCUT2D eigenvalue weighted by atomic mass is 10.1. The van der Waals surface area contributed by atoms with Gasteiger partial charge in [-0.3, -0.25) is 9.59 Å². The van der Waals surface area contributed by atoms with Crippen LogP contribution in [0.15, 0.2) is 12.2 Å². The van der Waals surface area contributed by atoms with Crippen molar-refractivity contribution < 1.29 is 19.4 Å². The van der Waals surface area contributed by atoms with Crippen molar-refractivity contribution in [2.45, 2.75) is 39.2 Å². The smallest absolute Gasteiger partial charge is 0.307 e. The van der Waals surface area contributed by atoms with Crippen molar-refractivity contribution >= 4 is 11.8 Å². The highest BCUT2D eigenvalue weighted by Gasteiger charge is 2.60. The number of allylic oxidation sites excluding steroid dienone is 1. The van der Waals surface area contributed by atoms with Gasteiger partial charge in [-0.25, -0.2) is 0 Å². The van der Waals surface area contributed by atoms with E-state index < -0.39 is 5.97 Å². The number of ether oxygens (including phenoxy) is 1. The average molecular weight is 252 g/mol. The minimum atomic E-state index is -0.725. The Kier molecular flexibility index (Phi) is 3.57. The molecule has 1 N–H and O–H groups in total. The van der Waals surface area contributed by atoms with E-state index in [0.717, 1.165) is 6.42 Å². The van der Waals surface area contributed by atoms with E-state index >= 15 is 0 Å². The van der Waals surface area contributed by atoms with E-state index in [1.165, 1.54) is 0 Å². The molecule has 2 fully saturated rings. The van der Waals surface area contributed by atoms with Gasteiger partial charge in [0.15, 0.2) is 0 Å². The van der Waals surface area contributed by atoms with Crippen LogP contribution in [0.25, 0.3) is 0 Å². The fourth-order valence-electron chi connectivity index (χ4n) is 2.82. The van der Waals surface area contributed by atoms with E-state index in [0.29, 0.717) is 19.4 Å². The normalized spacial score (nSPS) is 34.1. The van der Waals surface area contributed by atoms with Crippen LogP contribution in [-0.2, 0) is 14.3 Å². The van der Waals surface area contributed by atoms with Crippen LogP contribution < -0.4 is 0 Å². The molecule has 0 aromatic rings. The molecular weight excluding hydrogens is 232 g/mol. The number of hydrogen-bond donors (Lipinski definition) is 1. The standard InChI is InChI=1S/C14H20O4/c1-14(2)11(12(14)13(16)17)4-3-7-18-10-6-5-9(15)8-10/h3-4,10-12H,5-8H2,1-2H3,(H,16,17). The predicted octanol–water partition coefficient (Wildman–Crippen LogP) is 2.04. The zero-order valence-corrected chi connectivity index (χ0v) is 10.9. The van der Waals surface area contributed by atoms with Crippen LogP contribution in [-0.4, -0.2) is 29.6 Å². The third-order valence-electron chi connectivity index (χ3n) is 4.15. The first-order chi connectivity index (χ1) is 8.43. The van der Waals surface area contributed by atoms with Crippen LogP contribution in [0.2, 0.25) is 0 Å². The van der Waals surface area contributed by atoms with Crippen LogP contribution in [0.1, 0.15) is 33.1 Å². The summed E-state index contributed by atoms with van der Waals surface area (Å²) >= 11 is 0. The molecule has 4 nitrogen and oxygen atoms in total. The summed E-state index contributed by atoms with van der Waals surface area (Å²) in [5.41, 5.74) is -0.147. The third-order valence-corrected chi connectivity index (χ3v) is 4.15. The average Bonchev–Trinajstić information content (AvgIpc) is 2.62. The number of carbonyl (C=O) groups is 2. The van der Waals surface area contributed by atoms with E-state index in [9.17, 15) is 9.59 Å². The van der Waals surface area contributed by atoms with Crippen molar-refractivity contribution in [1.29, 1.82) is 0 Å². The van der Waals surface area contributed by atoms with E-state index in [2.05, 4.69) is 0 Å². The van der Waals surface area contributed by atoms with Gasteiger partial charge >= 0.3 is 5.97 Å². The molecular formula is C14H20O4. The molecule has 0 aromatic carbocycles. The largest absolute Gasteiger partial charge is 0.481 e. The van der Waals surface area contributed by atoms with Gasteiger partial charge in [0.2, 0.25) is 0 Å². The molecule has 0 aliphatic heterocycles. The molecule has 4 heteroatoms. The fraction of sp³-hybridized carbons (Fsp3) is 0.714. The molecule has 2 saturated carbocycles. The minimum absolute atomic E-state index is 0.0598. The van der Waals surface area contributed by atoms with Crippen molar-refractivity contribution in [1.82, 2.24) is 0 Å². The van der Waals surface area contributed by atoms with Crippen LogP contribution in [0, 0.1) is 17.3 Å². The van der Waals surface area contributed by atoms with Crippen molar-refractivity contribution in [2.24, 2.45) is 17.3 Å².